The van der Waals surface area contributed by atoms with E-state index in [1.165, 1.54) is 37.9 Å². The molecule has 2 N–H and O–H groups in total. The number of aromatic nitrogens is 2. The predicted octanol–water partition coefficient (Wildman–Crippen LogP) is 5.38. The highest BCUT2D eigenvalue weighted by Gasteiger charge is 2.12. The second-order valence-corrected chi connectivity index (χ2v) is 7.66. The van der Waals surface area contributed by atoms with Gasteiger partial charge in [-0.3, -0.25) is 4.98 Å². The van der Waals surface area contributed by atoms with Gasteiger partial charge in [-0.05, 0) is 76.0 Å². The average molecular weight is 386 g/mol. The highest BCUT2D eigenvalue weighted by Crippen LogP contribution is 2.30. The van der Waals surface area contributed by atoms with Gasteiger partial charge in [0, 0.05) is 40.7 Å². The van der Waals surface area contributed by atoms with E-state index in [1.807, 2.05) is 12.4 Å². The summed E-state index contributed by atoms with van der Waals surface area (Å²) in [5.74, 6) is 0. The summed E-state index contributed by atoms with van der Waals surface area (Å²) < 4.78 is 0. The number of anilines is 2. The number of nitriles is 1. The molecule has 0 radical (unpaired) electrons. The molecule has 0 spiro atoms. The smallest absolute Gasteiger partial charge is 0.103 e. The van der Waals surface area contributed by atoms with Crippen molar-refractivity contribution in [1.82, 2.24) is 14.9 Å². The van der Waals surface area contributed by atoms with Gasteiger partial charge >= 0.3 is 0 Å². The highest BCUT2D eigenvalue weighted by atomic mass is 15.1. The molecule has 1 fully saturated rings. The van der Waals surface area contributed by atoms with E-state index in [-0.39, 0.29) is 0 Å². The van der Waals surface area contributed by atoms with E-state index in [9.17, 15) is 5.26 Å². The molecule has 5 heteroatoms. The minimum absolute atomic E-state index is 0.554. The van der Waals surface area contributed by atoms with Crippen LogP contribution in [0.25, 0.3) is 17.0 Å². The van der Waals surface area contributed by atoms with Gasteiger partial charge in [0.1, 0.15) is 6.07 Å². The van der Waals surface area contributed by atoms with E-state index in [0.29, 0.717) is 5.56 Å². The SMILES string of the molecule is Cc1c(Nc2c(C#N)cncc2/C=C/CCCN2CCCC2)ccc2[nH]ccc12. The summed E-state index contributed by atoms with van der Waals surface area (Å²) >= 11 is 0. The van der Waals surface area contributed by atoms with Crippen molar-refractivity contribution in [2.45, 2.75) is 32.6 Å². The lowest BCUT2D eigenvalue weighted by molar-refractivity contribution is 0.335. The fourth-order valence-electron chi connectivity index (χ4n) is 4.03. The summed E-state index contributed by atoms with van der Waals surface area (Å²) in [6.07, 6.45) is 14.5. The maximum atomic E-state index is 9.60. The Labute approximate surface area is 172 Å². The van der Waals surface area contributed by atoms with Crippen molar-refractivity contribution in [3.05, 3.63) is 59.6 Å². The summed E-state index contributed by atoms with van der Waals surface area (Å²) in [5, 5.41) is 14.3. The van der Waals surface area contributed by atoms with Crippen molar-refractivity contribution in [3.8, 4) is 6.07 Å². The molecule has 0 unspecified atom stereocenters. The maximum absolute atomic E-state index is 9.60. The number of aromatic amines is 1. The zero-order chi connectivity index (χ0) is 20.1. The Morgan fingerprint density at radius 1 is 1.24 bits per heavy atom. The first kappa shape index (κ1) is 19.2. The summed E-state index contributed by atoms with van der Waals surface area (Å²) in [6.45, 7) is 5.76. The number of nitrogens with zero attached hydrogens (tertiary/aromatic N) is 3. The molecule has 4 rings (SSSR count). The van der Waals surface area contributed by atoms with Crippen LogP contribution in [0.1, 0.15) is 42.4 Å². The molecule has 1 saturated heterocycles. The molecule has 5 nitrogen and oxygen atoms in total. The molecule has 0 saturated carbocycles. The molecule has 1 aliphatic heterocycles. The number of allylic oxidation sites excluding steroid dienone is 1. The van der Waals surface area contributed by atoms with E-state index in [1.54, 1.807) is 6.20 Å². The molecule has 3 heterocycles. The largest absolute Gasteiger partial charge is 0.361 e. The Bertz CT molecular complexity index is 1050. The molecule has 0 amide bonds. The zero-order valence-corrected chi connectivity index (χ0v) is 16.9. The standard InChI is InChI=1S/C24H27N5/c1-18-21-10-11-27-23(21)9-8-22(18)28-24-19(16-26-17-20(24)15-25)7-3-2-4-12-29-13-5-6-14-29/h3,7-11,16-17,27H,2,4-6,12-14H2,1H3,(H,26,28)/b7-3+. The minimum atomic E-state index is 0.554. The van der Waals surface area contributed by atoms with Crippen molar-refractivity contribution in [2.75, 3.05) is 25.0 Å². The second-order valence-electron chi connectivity index (χ2n) is 7.66. The lowest BCUT2D eigenvalue weighted by Gasteiger charge is -2.14. The number of hydrogen-bond acceptors (Lipinski definition) is 4. The minimum Gasteiger partial charge on any atom is -0.361 e. The number of likely N-dealkylation sites (tertiary alicyclic amines) is 1. The van der Waals surface area contributed by atoms with Crippen LogP contribution in [0, 0.1) is 18.3 Å². The Morgan fingerprint density at radius 3 is 2.93 bits per heavy atom. The molecule has 2 aromatic heterocycles. The Balaban J connectivity index is 1.51. The van der Waals surface area contributed by atoms with Crippen molar-refractivity contribution in [1.29, 1.82) is 5.26 Å². The third-order valence-electron chi connectivity index (χ3n) is 5.70. The summed E-state index contributed by atoms with van der Waals surface area (Å²) in [6, 6.07) is 8.47. The number of benzene rings is 1. The molecule has 1 aromatic carbocycles. The van der Waals surface area contributed by atoms with Crippen LogP contribution in [-0.2, 0) is 0 Å². The van der Waals surface area contributed by atoms with Crippen LogP contribution in [0.2, 0.25) is 0 Å². The van der Waals surface area contributed by atoms with Crippen molar-refractivity contribution >= 4 is 28.4 Å². The van der Waals surface area contributed by atoms with Gasteiger partial charge in [-0.1, -0.05) is 12.2 Å². The number of nitrogens with one attached hydrogen (secondary N) is 2. The van der Waals surface area contributed by atoms with Crippen LogP contribution in [0.3, 0.4) is 0 Å². The van der Waals surface area contributed by atoms with Crippen molar-refractivity contribution in [2.24, 2.45) is 0 Å². The van der Waals surface area contributed by atoms with Gasteiger partial charge in [0.25, 0.3) is 0 Å². The first-order valence-corrected chi connectivity index (χ1v) is 10.4. The molecule has 0 bridgehead atoms. The van der Waals surface area contributed by atoms with Gasteiger partial charge in [0.2, 0.25) is 0 Å². The number of hydrogen-bond donors (Lipinski definition) is 2. The molecule has 29 heavy (non-hydrogen) atoms. The summed E-state index contributed by atoms with van der Waals surface area (Å²) in [5.41, 5.74) is 5.59. The highest BCUT2D eigenvalue weighted by molar-refractivity contribution is 5.89. The third kappa shape index (κ3) is 4.33. The Morgan fingerprint density at radius 2 is 2.10 bits per heavy atom. The fraction of sp³-hybridized carbons (Fsp3) is 0.333. The third-order valence-corrected chi connectivity index (χ3v) is 5.70. The van der Waals surface area contributed by atoms with E-state index in [0.717, 1.165) is 40.9 Å². The Hall–Kier alpha value is -3.10. The zero-order valence-electron chi connectivity index (χ0n) is 16.9. The quantitative estimate of drug-likeness (QED) is 0.536. The molecular weight excluding hydrogens is 358 g/mol. The number of pyridine rings is 1. The monoisotopic (exact) mass is 385 g/mol. The van der Waals surface area contributed by atoms with E-state index in [2.05, 4.69) is 63.5 Å². The normalized spacial score (nSPS) is 14.6. The summed E-state index contributed by atoms with van der Waals surface area (Å²) in [4.78, 5) is 10.0. The van der Waals surface area contributed by atoms with E-state index < -0.39 is 0 Å². The number of aryl methyl sites for hydroxylation is 1. The molecule has 1 aliphatic rings. The lowest BCUT2D eigenvalue weighted by atomic mass is 10.1. The van der Waals surface area contributed by atoms with Crippen LogP contribution in [0.15, 0.2) is 42.9 Å². The lowest BCUT2D eigenvalue weighted by Crippen LogP contribution is -2.19. The fourth-order valence-corrected chi connectivity index (χ4v) is 4.03. The van der Waals surface area contributed by atoms with Crippen LogP contribution >= 0.6 is 0 Å². The van der Waals surface area contributed by atoms with Crippen LogP contribution < -0.4 is 5.32 Å². The van der Waals surface area contributed by atoms with Crippen LogP contribution in [0.5, 0.6) is 0 Å². The number of fused-ring (bicyclic) bond motifs is 1. The molecule has 0 aliphatic carbocycles. The molecule has 148 valence electrons. The number of unbranched alkanes of at least 4 members (excludes halogenated alkanes) is 1. The topological polar surface area (TPSA) is 67.7 Å². The van der Waals surface area contributed by atoms with Gasteiger partial charge in [0.05, 0.1) is 11.3 Å². The van der Waals surface area contributed by atoms with Gasteiger partial charge in [-0.25, -0.2) is 0 Å². The van der Waals surface area contributed by atoms with Crippen molar-refractivity contribution in [3.63, 3.8) is 0 Å². The Kier molecular flexibility index (Phi) is 5.92. The van der Waals surface area contributed by atoms with Gasteiger partial charge in [-0.2, -0.15) is 5.26 Å². The molecule has 3 aromatic rings. The van der Waals surface area contributed by atoms with Gasteiger partial charge in [-0.15, -0.1) is 0 Å². The first-order chi connectivity index (χ1) is 14.3. The van der Waals surface area contributed by atoms with Crippen LogP contribution in [-0.4, -0.2) is 34.5 Å². The van der Waals surface area contributed by atoms with E-state index >= 15 is 0 Å². The second kappa shape index (κ2) is 8.93. The van der Waals surface area contributed by atoms with Gasteiger partial charge in [0.15, 0.2) is 0 Å². The maximum Gasteiger partial charge on any atom is 0.103 e. The number of H-pyrrole nitrogens is 1. The number of rotatable bonds is 7. The van der Waals surface area contributed by atoms with Crippen molar-refractivity contribution < 1.29 is 0 Å². The molecular formula is C24H27N5. The van der Waals surface area contributed by atoms with E-state index in [4.69, 9.17) is 0 Å². The average Bonchev–Trinajstić information content (AvgIpc) is 3.42. The van der Waals surface area contributed by atoms with Gasteiger partial charge < -0.3 is 15.2 Å². The predicted molar refractivity (Wildman–Crippen MR) is 119 cm³/mol. The molecule has 0 atom stereocenters. The van der Waals surface area contributed by atoms with Crippen LogP contribution in [0.4, 0.5) is 11.4 Å². The first-order valence-electron chi connectivity index (χ1n) is 10.4. The summed E-state index contributed by atoms with van der Waals surface area (Å²) in [7, 11) is 0.